The third-order valence-electron chi connectivity index (χ3n) is 6.20. The van der Waals surface area contributed by atoms with Gasteiger partial charge < -0.3 is 0 Å². The van der Waals surface area contributed by atoms with Crippen molar-refractivity contribution in [2.45, 2.75) is 71.0 Å². The molecule has 0 spiro atoms. The van der Waals surface area contributed by atoms with E-state index in [9.17, 15) is 0 Å². The third kappa shape index (κ3) is 2.83. The van der Waals surface area contributed by atoms with Crippen LogP contribution in [0.4, 0.5) is 0 Å². The molecule has 0 amide bonds. The first-order valence-corrected chi connectivity index (χ1v) is 9.61. The Labute approximate surface area is 149 Å². The lowest BCUT2D eigenvalue weighted by Gasteiger charge is -2.28. The Bertz CT molecular complexity index is 721. The van der Waals surface area contributed by atoms with Crippen LogP contribution in [0.25, 0.3) is 11.1 Å². The summed E-state index contributed by atoms with van der Waals surface area (Å²) in [6.45, 7) is 8.96. The number of hydrogen-bond acceptors (Lipinski definition) is 0. The molecule has 0 aromatic heterocycles. The molecule has 1 aliphatic rings. The van der Waals surface area contributed by atoms with E-state index in [4.69, 9.17) is 7.85 Å². The fourth-order valence-electron chi connectivity index (χ4n) is 4.21. The Morgan fingerprint density at radius 2 is 1.46 bits per heavy atom. The molecule has 2 aromatic carbocycles. The molecular formula is C23H29B. The van der Waals surface area contributed by atoms with Crippen molar-refractivity contribution in [2.24, 2.45) is 0 Å². The van der Waals surface area contributed by atoms with Crippen LogP contribution >= 0.6 is 0 Å². The highest BCUT2D eigenvalue weighted by molar-refractivity contribution is 6.16. The van der Waals surface area contributed by atoms with Crippen molar-refractivity contribution in [3.8, 4) is 11.1 Å². The lowest BCUT2D eigenvalue weighted by molar-refractivity contribution is 0.564. The maximum Gasteiger partial charge on any atom is 0.0810 e. The first kappa shape index (κ1) is 17.3. The summed E-state index contributed by atoms with van der Waals surface area (Å²) in [7, 11) is 6.62. The van der Waals surface area contributed by atoms with E-state index in [0.29, 0.717) is 5.92 Å². The molecular weight excluding hydrogens is 287 g/mol. The number of benzene rings is 2. The monoisotopic (exact) mass is 316 g/mol. The van der Waals surface area contributed by atoms with E-state index in [2.05, 4.69) is 64.1 Å². The van der Waals surface area contributed by atoms with E-state index in [1.165, 1.54) is 46.2 Å². The topological polar surface area (TPSA) is 0 Å². The summed E-state index contributed by atoms with van der Waals surface area (Å²) in [5, 5.41) is -0.190. The van der Waals surface area contributed by atoms with Crippen molar-refractivity contribution in [2.75, 3.05) is 0 Å². The lowest BCUT2D eigenvalue weighted by atomic mass is 9.60. The standard InChI is InChI=1S/C23H29B/c1-5-16(6-2)17-9-11-21-18(13-17)14-19-15-20(10-12-22(19)21)23(24,7-3)8-4/h9-13,15-16H,5-8,14H2,1-4H3. The van der Waals surface area contributed by atoms with Crippen LogP contribution in [0.1, 0.15) is 81.5 Å². The Hall–Kier alpha value is -1.50. The van der Waals surface area contributed by atoms with Crippen LogP contribution in [-0.2, 0) is 11.7 Å². The molecule has 1 heteroatoms. The van der Waals surface area contributed by atoms with Gasteiger partial charge in [-0.3, -0.25) is 0 Å². The van der Waals surface area contributed by atoms with Gasteiger partial charge in [0, 0.05) is 0 Å². The van der Waals surface area contributed by atoms with Gasteiger partial charge in [-0.25, -0.2) is 0 Å². The van der Waals surface area contributed by atoms with Crippen molar-refractivity contribution in [3.05, 3.63) is 58.7 Å². The summed E-state index contributed by atoms with van der Waals surface area (Å²) in [4.78, 5) is 0. The predicted molar refractivity (Wildman–Crippen MR) is 106 cm³/mol. The molecule has 0 saturated heterocycles. The minimum atomic E-state index is -0.190. The van der Waals surface area contributed by atoms with Crippen molar-refractivity contribution < 1.29 is 0 Å². The SMILES string of the molecule is [B]C(CC)(CC)c1ccc2c(c1)Cc1cc(C(CC)CC)ccc1-2. The molecule has 2 aromatic rings. The van der Waals surface area contributed by atoms with Gasteiger partial charge in [0.1, 0.15) is 0 Å². The average Bonchev–Trinajstić information content (AvgIpc) is 2.99. The van der Waals surface area contributed by atoms with Crippen molar-refractivity contribution >= 4 is 7.85 Å². The Balaban J connectivity index is 1.97. The van der Waals surface area contributed by atoms with Gasteiger partial charge >= 0.3 is 0 Å². The molecule has 0 aliphatic heterocycles. The smallest absolute Gasteiger partial charge is 0.0653 e. The molecule has 0 nitrogen and oxygen atoms in total. The summed E-state index contributed by atoms with van der Waals surface area (Å²) in [5.41, 5.74) is 8.55. The number of hydrogen-bond donors (Lipinski definition) is 0. The zero-order valence-corrected chi connectivity index (χ0v) is 15.7. The first-order valence-electron chi connectivity index (χ1n) is 9.61. The van der Waals surface area contributed by atoms with E-state index in [-0.39, 0.29) is 5.31 Å². The van der Waals surface area contributed by atoms with Crippen molar-refractivity contribution in [1.29, 1.82) is 0 Å². The first-order chi connectivity index (χ1) is 11.6. The van der Waals surface area contributed by atoms with Gasteiger partial charge in [0.15, 0.2) is 0 Å². The summed E-state index contributed by atoms with van der Waals surface area (Å²) < 4.78 is 0. The summed E-state index contributed by atoms with van der Waals surface area (Å²) >= 11 is 0. The Kier molecular flexibility index (Phi) is 4.90. The Morgan fingerprint density at radius 1 is 0.875 bits per heavy atom. The molecule has 2 radical (unpaired) electrons. The molecule has 0 fully saturated rings. The van der Waals surface area contributed by atoms with Gasteiger partial charge in [-0.2, -0.15) is 0 Å². The largest absolute Gasteiger partial charge is 0.0810 e. The van der Waals surface area contributed by atoms with Gasteiger partial charge in [0.2, 0.25) is 0 Å². The highest BCUT2D eigenvalue weighted by Crippen LogP contribution is 2.41. The molecule has 24 heavy (non-hydrogen) atoms. The zero-order valence-electron chi connectivity index (χ0n) is 15.7. The molecule has 0 N–H and O–H groups in total. The highest BCUT2D eigenvalue weighted by Gasteiger charge is 2.25. The second kappa shape index (κ2) is 6.79. The van der Waals surface area contributed by atoms with E-state index in [1.54, 1.807) is 0 Å². The molecule has 124 valence electrons. The molecule has 0 unspecified atom stereocenters. The highest BCUT2D eigenvalue weighted by atomic mass is 14.3. The van der Waals surface area contributed by atoms with Crippen molar-refractivity contribution in [1.82, 2.24) is 0 Å². The summed E-state index contributed by atoms with van der Waals surface area (Å²) in [5.74, 6) is 0.687. The van der Waals surface area contributed by atoms with E-state index >= 15 is 0 Å². The van der Waals surface area contributed by atoms with Crippen LogP contribution in [0.15, 0.2) is 36.4 Å². The van der Waals surface area contributed by atoms with E-state index in [0.717, 1.165) is 19.3 Å². The van der Waals surface area contributed by atoms with Crippen molar-refractivity contribution in [3.63, 3.8) is 0 Å². The fraction of sp³-hybridized carbons (Fsp3) is 0.478. The normalized spacial score (nSPS) is 13.2. The van der Waals surface area contributed by atoms with Gasteiger partial charge in [0.05, 0.1) is 7.85 Å². The summed E-state index contributed by atoms with van der Waals surface area (Å²) in [6, 6.07) is 14.0. The lowest BCUT2D eigenvalue weighted by Crippen LogP contribution is -2.24. The molecule has 0 heterocycles. The van der Waals surface area contributed by atoms with Crippen LogP contribution in [0.3, 0.4) is 0 Å². The second-order valence-electron chi connectivity index (χ2n) is 7.34. The molecule has 0 atom stereocenters. The van der Waals surface area contributed by atoms with Gasteiger partial charge in [-0.05, 0) is 58.3 Å². The zero-order chi connectivity index (χ0) is 17.3. The van der Waals surface area contributed by atoms with Gasteiger partial charge in [-0.15, -0.1) is 0 Å². The third-order valence-corrected chi connectivity index (χ3v) is 6.20. The minimum Gasteiger partial charge on any atom is -0.0653 e. The van der Waals surface area contributed by atoms with Crippen LogP contribution in [-0.4, -0.2) is 7.85 Å². The molecule has 3 rings (SSSR count). The van der Waals surface area contributed by atoms with E-state index < -0.39 is 0 Å². The maximum absolute atomic E-state index is 6.62. The Morgan fingerprint density at radius 3 is 2.04 bits per heavy atom. The van der Waals surface area contributed by atoms with Gasteiger partial charge in [0.25, 0.3) is 0 Å². The van der Waals surface area contributed by atoms with E-state index in [1.807, 2.05) is 0 Å². The van der Waals surface area contributed by atoms with Gasteiger partial charge in [-0.1, -0.05) is 82.5 Å². The quantitative estimate of drug-likeness (QED) is 0.465. The molecule has 0 saturated carbocycles. The maximum atomic E-state index is 6.62. The van der Waals surface area contributed by atoms with Crippen LogP contribution in [0.2, 0.25) is 0 Å². The average molecular weight is 316 g/mol. The number of rotatable bonds is 6. The fourth-order valence-corrected chi connectivity index (χ4v) is 4.21. The predicted octanol–water partition coefficient (Wildman–Crippen LogP) is 6.35. The van der Waals surface area contributed by atoms with Crippen LogP contribution < -0.4 is 0 Å². The second-order valence-corrected chi connectivity index (χ2v) is 7.34. The van der Waals surface area contributed by atoms with Crippen LogP contribution in [0.5, 0.6) is 0 Å². The summed E-state index contributed by atoms with van der Waals surface area (Å²) in [6.07, 6.45) is 5.45. The number of fused-ring (bicyclic) bond motifs is 3. The van der Waals surface area contributed by atoms with Crippen LogP contribution in [0, 0.1) is 0 Å². The minimum absolute atomic E-state index is 0.190. The molecule has 1 aliphatic carbocycles. The molecule has 0 bridgehead atoms.